The summed E-state index contributed by atoms with van der Waals surface area (Å²) in [6, 6.07) is 15.1. The van der Waals surface area contributed by atoms with Gasteiger partial charge in [0.05, 0.1) is 34.4 Å². The normalized spacial score (nSPS) is 20.4. The Morgan fingerprint density at radius 3 is 2.02 bits per heavy atom. The van der Waals surface area contributed by atoms with E-state index in [0.29, 0.717) is 5.39 Å². The molecular weight excluding hydrogens is 708 g/mol. The number of halogens is 1. The molecule has 2 bridgehead atoms. The van der Waals surface area contributed by atoms with Crippen LogP contribution in [0.2, 0.25) is 0 Å². The van der Waals surface area contributed by atoms with Crippen LogP contribution in [-0.4, -0.2) is 58.9 Å². The Labute approximate surface area is 299 Å². The molecule has 15 heteroatoms. The van der Waals surface area contributed by atoms with Crippen molar-refractivity contribution in [2.24, 2.45) is 17.8 Å². The van der Waals surface area contributed by atoms with Crippen molar-refractivity contribution in [3.63, 3.8) is 0 Å². The van der Waals surface area contributed by atoms with Gasteiger partial charge >= 0.3 is 5.97 Å². The number of hydrogen-bond donors (Lipinski definition) is 1. The van der Waals surface area contributed by atoms with E-state index in [1.807, 2.05) is 13.8 Å². The third-order valence-corrected chi connectivity index (χ3v) is 13.8. The van der Waals surface area contributed by atoms with E-state index in [9.17, 15) is 26.0 Å². The summed E-state index contributed by atoms with van der Waals surface area (Å²) in [6.45, 7) is 3.69. The van der Waals surface area contributed by atoms with Gasteiger partial charge in [0.2, 0.25) is 0 Å². The molecule has 3 fully saturated rings. The zero-order valence-corrected chi connectivity index (χ0v) is 30.2. The number of aryl methyl sites for hydroxylation is 2. The molecule has 2 unspecified atom stereocenters. The summed E-state index contributed by atoms with van der Waals surface area (Å²) < 4.78 is 78.3. The van der Waals surface area contributed by atoms with Gasteiger partial charge in [-0.3, -0.25) is 4.79 Å². The Morgan fingerprint density at radius 1 is 0.808 bits per heavy atom. The van der Waals surface area contributed by atoms with Crippen molar-refractivity contribution < 1.29 is 30.8 Å². The van der Waals surface area contributed by atoms with Crippen molar-refractivity contribution in [3.8, 4) is 11.4 Å². The maximum absolute atomic E-state index is 14.9. The van der Waals surface area contributed by atoms with Crippen molar-refractivity contribution in [1.82, 2.24) is 22.9 Å². The molecule has 4 aromatic heterocycles. The van der Waals surface area contributed by atoms with Crippen molar-refractivity contribution in [2.75, 3.05) is 12.4 Å². The Balaban J connectivity index is 1.36. The van der Waals surface area contributed by atoms with Crippen LogP contribution in [0, 0.1) is 37.4 Å². The maximum Gasteiger partial charge on any atom is 0.311 e. The molecule has 0 saturated heterocycles. The third-order valence-electron chi connectivity index (χ3n) is 10.5. The molecule has 2 atom stereocenters. The fourth-order valence-corrected chi connectivity index (χ4v) is 10.4. The van der Waals surface area contributed by atoms with Gasteiger partial charge in [0.1, 0.15) is 11.6 Å². The fourth-order valence-electron chi connectivity index (χ4n) is 7.77. The van der Waals surface area contributed by atoms with E-state index in [2.05, 4.69) is 10.3 Å². The number of methoxy groups -OCH3 is 1. The number of carbonyl (C=O) groups excluding carboxylic acids is 1. The monoisotopic (exact) mass is 742 g/mol. The minimum Gasteiger partial charge on any atom is -0.469 e. The average Bonchev–Trinajstić information content (AvgIpc) is 3.75. The van der Waals surface area contributed by atoms with Gasteiger partial charge in [-0.25, -0.2) is 44.1 Å². The third kappa shape index (κ3) is 5.53. The van der Waals surface area contributed by atoms with Gasteiger partial charge < -0.3 is 10.1 Å². The van der Waals surface area contributed by atoms with Crippen LogP contribution in [0.5, 0.6) is 0 Å². The average molecular weight is 743 g/mol. The summed E-state index contributed by atoms with van der Waals surface area (Å²) >= 11 is 0. The summed E-state index contributed by atoms with van der Waals surface area (Å²) in [4.78, 5) is 26.9. The van der Waals surface area contributed by atoms with E-state index in [1.165, 1.54) is 43.8 Å². The van der Waals surface area contributed by atoms with Gasteiger partial charge in [0, 0.05) is 29.4 Å². The first-order valence-corrected chi connectivity index (χ1v) is 19.8. The van der Waals surface area contributed by atoms with E-state index >= 15 is 0 Å². The summed E-state index contributed by atoms with van der Waals surface area (Å²) in [5.74, 6) is -1.09. The summed E-state index contributed by atoms with van der Waals surface area (Å²) in [6.07, 6.45) is 7.18. The highest BCUT2D eigenvalue weighted by molar-refractivity contribution is 7.90. The quantitative estimate of drug-likeness (QED) is 0.182. The van der Waals surface area contributed by atoms with Crippen LogP contribution in [-0.2, 0) is 29.6 Å². The predicted octanol–water partition coefficient (Wildman–Crippen LogP) is 6.07. The van der Waals surface area contributed by atoms with Gasteiger partial charge in [-0.05, 0) is 87.8 Å². The maximum atomic E-state index is 14.9. The molecule has 52 heavy (non-hydrogen) atoms. The zero-order valence-electron chi connectivity index (χ0n) is 28.5. The van der Waals surface area contributed by atoms with Gasteiger partial charge in [0.25, 0.3) is 20.0 Å². The van der Waals surface area contributed by atoms with E-state index in [-0.39, 0.29) is 67.5 Å². The van der Waals surface area contributed by atoms with E-state index < -0.39 is 31.8 Å². The number of nitrogens with one attached hydrogen (secondary N) is 1. The van der Waals surface area contributed by atoms with E-state index in [1.54, 1.807) is 30.3 Å². The fraction of sp³-hybridized carbons (Fsp3) is 0.297. The van der Waals surface area contributed by atoms with Gasteiger partial charge in [0.15, 0.2) is 17.1 Å². The second-order valence-electron chi connectivity index (χ2n) is 13.6. The molecule has 3 aliphatic carbocycles. The van der Waals surface area contributed by atoms with Crippen LogP contribution in [0.1, 0.15) is 36.8 Å². The summed E-state index contributed by atoms with van der Waals surface area (Å²) in [7, 11) is -7.05. The van der Waals surface area contributed by atoms with Crippen LogP contribution in [0.3, 0.4) is 0 Å². The molecule has 3 saturated carbocycles. The molecule has 268 valence electrons. The predicted molar refractivity (Wildman–Crippen MR) is 192 cm³/mol. The van der Waals surface area contributed by atoms with Crippen LogP contribution >= 0.6 is 0 Å². The molecule has 3 aliphatic rings. The molecule has 4 heterocycles. The van der Waals surface area contributed by atoms with Crippen LogP contribution in [0.15, 0.2) is 89.0 Å². The Kier molecular flexibility index (Phi) is 8.17. The lowest BCUT2D eigenvalue weighted by Gasteiger charge is -2.47. The van der Waals surface area contributed by atoms with Gasteiger partial charge in [-0.2, -0.15) is 0 Å². The van der Waals surface area contributed by atoms with Crippen molar-refractivity contribution >= 4 is 53.9 Å². The first-order chi connectivity index (χ1) is 24.9. The highest BCUT2D eigenvalue weighted by Gasteiger charge is 2.48. The Hall–Kier alpha value is -5.15. The lowest BCUT2D eigenvalue weighted by Crippen LogP contribution is -2.51. The summed E-state index contributed by atoms with van der Waals surface area (Å²) in [5, 5.41) is 3.96. The highest BCUT2D eigenvalue weighted by atomic mass is 32.2. The zero-order chi connectivity index (χ0) is 36.5. The molecule has 12 nitrogen and oxygen atoms in total. The van der Waals surface area contributed by atoms with Crippen LogP contribution < -0.4 is 5.32 Å². The lowest BCUT2D eigenvalue weighted by molar-refractivity contribution is -0.152. The number of hydrogen-bond acceptors (Lipinski definition) is 10. The molecule has 1 N–H and O–H groups in total. The smallest absolute Gasteiger partial charge is 0.311 e. The summed E-state index contributed by atoms with van der Waals surface area (Å²) in [5.41, 5.74) is 1.80. The highest BCUT2D eigenvalue weighted by Crippen LogP contribution is 2.47. The number of ether oxygens (including phenoxy) is 1. The van der Waals surface area contributed by atoms with Crippen LogP contribution in [0.4, 0.5) is 10.2 Å². The number of anilines is 1. The minimum atomic E-state index is -4.24. The number of esters is 1. The molecule has 2 aromatic carbocycles. The molecule has 0 aliphatic heterocycles. The van der Waals surface area contributed by atoms with E-state index in [0.717, 1.165) is 57.0 Å². The topological polar surface area (TPSA) is 155 Å². The SMILES string of the molecule is COC(=O)C1C2CCC(CC2)C1Nc1nc(-c2cn(S(=O)(=O)c3ccc(C)cc3)c3ncc(F)cc23)nc2c1ccn2S(=O)(=O)c1ccc(C)cc1. The number of benzene rings is 2. The second kappa shape index (κ2) is 12.5. The molecular formula is C37H35FN6O6S2. The largest absolute Gasteiger partial charge is 0.469 e. The number of fused-ring (bicyclic) bond motifs is 5. The number of rotatable bonds is 8. The van der Waals surface area contributed by atoms with Gasteiger partial charge in [-0.1, -0.05) is 35.4 Å². The van der Waals surface area contributed by atoms with Crippen molar-refractivity contribution in [2.45, 2.75) is 55.4 Å². The molecule has 0 spiro atoms. The Bertz CT molecular complexity index is 2600. The minimum absolute atomic E-state index is 0.00864. The van der Waals surface area contributed by atoms with Gasteiger partial charge in [-0.15, -0.1) is 0 Å². The number of nitrogens with zero attached hydrogens (tertiary/aromatic N) is 5. The van der Waals surface area contributed by atoms with Crippen LogP contribution in [0.25, 0.3) is 33.5 Å². The molecule has 0 radical (unpaired) electrons. The van der Waals surface area contributed by atoms with Crippen molar-refractivity contribution in [1.29, 1.82) is 0 Å². The lowest BCUT2D eigenvalue weighted by atomic mass is 9.61. The number of carbonyl (C=O) groups is 1. The standard InChI is InChI=1S/C37H35FN6O6S2/c1-21-4-12-26(13-5-21)51(46,47)43-17-16-28-33(40-32-24-10-8-23(9-11-24)31(32)37(45)50-3)41-34(42-36(28)43)30-20-44(35-29(30)18-25(38)19-39-35)52(48,49)27-14-6-22(2)7-15-27/h4-7,12-20,23-24,31-32H,8-11H2,1-3H3,(H,40,41,42). The number of aromatic nitrogens is 5. The molecule has 9 rings (SSSR count). The molecule has 0 amide bonds. The Morgan fingerprint density at radius 2 is 1.40 bits per heavy atom. The molecule has 6 aromatic rings. The van der Waals surface area contributed by atoms with E-state index in [4.69, 9.17) is 14.7 Å². The first-order valence-electron chi connectivity index (χ1n) is 16.9. The first kappa shape index (κ1) is 34.0. The number of pyridine rings is 1. The van der Waals surface area contributed by atoms with Crippen molar-refractivity contribution in [3.05, 3.63) is 96.2 Å². The second-order valence-corrected chi connectivity index (χ2v) is 17.3.